The van der Waals surface area contributed by atoms with Gasteiger partial charge in [0.05, 0.1) is 12.8 Å². The highest BCUT2D eigenvalue weighted by atomic mass is 16.2. The first-order valence-corrected chi connectivity index (χ1v) is 2.41. The zero-order valence-corrected chi connectivity index (χ0v) is 4.55. The zero-order valence-electron chi connectivity index (χ0n) is 4.55. The second-order valence-corrected chi connectivity index (χ2v) is 1.65. The van der Waals surface area contributed by atoms with Crippen LogP contribution in [0.15, 0.2) is 11.8 Å². The van der Waals surface area contributed by atoms with E-state index in [1.807, 2.05) is 0 Å². The van der Waals surface area contributed by atoms with E-state index in [0.29, 0.717) is 6.26 Å². The molecule has 0 aliphatic carbocycles. The van der Waals surface area contributed by atoms with Gasteiger partial charge < -0.3 is 10.4 Å². The second kappa shape index (κ2) is 1.89. The summed E-state index contributed by atoms with van der Waals surface area (Å²) in [5, 5.41) is 10.5. The molecule has 0 unspecified atom stereocenters. The zero-order chi connectivity index (χ0) is 6.85. The van der Waals surface area contributed by atoms with E-state index < -0.39 is 5.91 Å². The summed E-state index contributed by atoms with van der Waals surface area (Å²) in [5.41, 5.74) is -0.157. The van der Waals surface area contributed by atoms with Crippen molar-refractivity contribution < 1.29 is 14.7 Å². The van der Waals surface area contributed by atoms with Crippen molar-refractivity contribution in [2.75, 3.05) is 6.54 Å². The average molecular weight is 127 g/mol. The number of Topliss-reactive ketones (excluding diaryl/α,β-unsaturated/α-hetero) is 1. The Kier molecular flexibility index (Phi) is 1.22. The molecule has 0 bridgehead atoms. The van der Waals surface area contributed by atoms with Crippen molar-refractivity contribution >= 4 is 11.7 Å². The van der Waals surface area contributed by atoms with Gasteiger partial charge in [0.2, 0.25) is 0 Å². The molecule has 0 aromatic carbocycles. The minimum absolute atomic E-state index is 0.00519. The number of ketones is 1. The van der Waals surface area contributed by atoms with Gasteiger partial charge in [-0.1, -0.05) is 0 Å². The van der Waals surface area contributed by atoms with Gasteiger partial charge in [-0.2, -0.15) is 0 Å². The van der Waals surface area contributed by atoms with E-state index in [1.165, 1.54) is 0 Å². The van der Waals surface area contributed by atoms with E-state index in [9.17, 15) is 9.59 Å². The van der Waals surface area contributed by atoms with E-state index >= 15 is 0 Å². The molecule has 2 N–H and O–H groups in total. The maximum Gasteiger partial charge on any atom is 0.258 e. The third kappa shape index (κ3) is 0.782. The predicted molar refractivity (Wildman–Crippen MR) is 28.7 cm³/mol. The first-order valence-electron chi connectivity index (χ1n) is 2.41. The van der Waals surface area contributed by atoms with Gasteiger partial charge in [-0.15, -0.1) is 0 Å². The number of nitrogens with one attached hydrogen (secondary N) is 1. The number of carbonyl (C=O) groups excluding carboxylic acids is 2. The fourth-order valence-electron chi connectivity index (χ4n) is 0.608. The van der Waals surface area contributed by atoms with Crippen LogP contribution in [0.5, 0.6) is 0 Å². The van der Waals surface area contributed by atoms with E-state index in [2.05, 4.69) is 5.32 Å². The molecule has 1 aliphatic heterocycles. The van der Waals surface area contributed by atoms with Gasteiger partial charge >= 0.3 is 0 Å². The van der Waals surface area contributed by atoms with Crippen LogP contribution in [-0.4, -0.2) is 23.3 Å². The van der Waals surface area contributed by atoms with Crippen LogP contribution < -0.4 is 5.32 Å². The molecular formula is C5H5NO3. The molecule has 9 heavy (non-hydrogen) atoms. The highest BCUT2D eigenvalue weighted by Gasteiger charge is 2.25. The lowest BCUT2D eigenvalue weighted by Gasteiger charge is -1.83. The molecule has 0 saturated carbocycles. The van der Waals surface area contributed by atoms with E-state index in [4.69, 9.17) is 5.11 Å². The second-order valence-electron chi connectivity index (χ2n) is 1.65. The van der Waals surface area contributed by atoms with Crippen LogP contribution in [0.25, 0.3) is 0 Å². The minimum atomic E-state index is -0.498. The lowest BCUT2D eigenvalue weighted by Crippen LogP contribution is -2.14. The molecule has 1 heterocycles. The van der Waals surface area contributed by atoms with Crippen molar-refractivity contribution in [1.29, 1.82) is 0 Å². The van der Waals surface area contributed by atoms with Crippen LogP contribution in [0.4, 0.5) is 0 Å². The van der Waals surface area contributed by atoms with E-state index in [0.717, 1.165) is 0 Å². The van der Waals surface area contributed by atoms with Gasteiger partial charge in [-0.25, -0.2) is 0 Å². The summed E-state index contributed by atoms with van der Waals surface area (Å²) in [6.07, 6.45) is 0.532. The largest absolute Gasteiger partial charge is 0.515 e. The molecule has 0 aromatic rings. The Morgan fingerprint density at radius 3 is 2.44 bits per heavy atom. The monoisotopic (exact) mass is 127 g/mol. The lowest BCUT2D eigenvalue weighted by molar-refractivity contribution is -0.117. The highest BCUT2D eigenvalue weighted by molar-refractivity contribution is 6.24. The summed E-state index contributed by atoms with van der Waals surface area (Å²) in [6.45, 7) is 0.00519. The Hall–Kier alpha value is -1.32. The minimum Gasteiger partial charge on any atom is -0.515 e. The molecule has 1 amide bonds. The van der Waals surface area contributed by atoms with E-state index in [1.54, 1.807) is 0 Å². The van der Waals surface area contributed by atoms with Crippen LogP contribution in [0, 0.1) is 0 Å². The standard InChI is InChI=1S/C5H5NO3/c7-2-3-4(8)1-6-5(3)9/h2,7H,1H2,(H,6,9). The van der Waals surface area contributed by atoms with Crippen molar-refractivity contribution in [3.8, 4) is 0 Å². The molecule has 1 fully saturated rings. The van der Waals surface area contributed by atoms with Crippen LogP contribution >= 0.6 is 0 Å². The van der Waals surface area contributed by atoms with Gasteiger partial charge in [-0.05, 0) is 0 Å². The quantitative estimate of drug-likeness (QED) is 0.252. The number of hydrogen-bond donors (Lipinski definition) is 2. The normalized spacial score (nSPS) is 22.9. The number of amides is 1. The first kappa shape index (κ1) is 5.81. The fraction of sp³-hybridized carbons (Fsp3) is 0.200. The van der Waals surface area contributed by atoms with Crippen LogP contribution in [-0.2, 0) is 9.59 Å². The molecule has 1 saturated heterocycles. The van der Waals surface area contributed by atoms with E-state index in [-0.39, 0.29) is 17.9 Å². The first-order chi connectivity index (χ1) is 4.25. The van der Waals surface area contributed by atoms with Crippen molar-refractivity contribution in [3.63, 3.8) is 0 Å². The number of rotatable bonds is 0. The van der Waals surface area contributed by atoms with Crippen molar-refractivity contribution in [3.05, 3.63) is 11.8 Å². The number of aliphatic hydroxyl groups is 1. The maximum atomic E-state index is 10.5. The van der Waals surface area contributed by atoms with Crippen molar-refractivity contribution in [2.24, 2.45) is 0 Å². The number of aliphatic hydroxyl groups excluding tert-OH is 1. The molecule has 0 radical (unpaired) electrons. The number of carbonyl (C=O) groups is 2. The molecule has 4 heteroatoms. The van der Waals surface area contributed by atoms with Gasteiger partial charge in [-0.3, -0.25) is 9.59 Å². The SMILES string of the molecule is O=C1CNC(=O)C1=CO. The molecule has 1 aliphatic rings. The van der Waals surface area contributed by atoms with Crippen LogP contribution in [0.3, 0.4) is 0 Å². The number of hydrogen-bond acceptors (Lipinski definition) is 3. The summed E-state index contributed by atoms with van der Waals surface area (Å²) in [4.78, 5) is 21.0. The summed E-state index contributed by atoms with van der Waals surface area (Å²) in [7, 11) is 0. The molecular weight excluding hydrogens is 122 g/mol. The topological polar surface area (TPSA) is 66.4 Å². The maximum absolute atomic E-state index is 10.5. The smallest absolute Gasteiger partial charge is 0.258 e. The Bertz CT molecular complexity index is 176. The third-order valence-corrected chi connectivity index (χ3v) is 1.08. The molecule has 4 nitrogen and oxygen atoms in total. The molecule has 1 rings (SSSR count). The molecule has 48 valence electrons. The predicted octanol–water partition coefficient (Wildman–Crippen LogP) is -0.873. The van der Waals surface area contributed by atoms with Gasteiger partial charge in [0.25, 0.3) is 5.91 Å². The van der Waals surface area contributed by atoms with Crippen molar-refractivity contribution in [2.45, 2.75) is 0 Å². The van der Waals surface area contributed by atoms with Gasteiger partial charge in [0.15, 0.2) is 5.78 Å². The summed E-state index contributed by atoms with van der Waals surface area (Å²) in [6, 6.07) is 0. The Morgan fingerprint density at radius 1 is 1.56 bits per heavy atom. The highest BCUT2D eigenvalue weighted by Crippen LogP contribution is 2.00. The summed E-state index contributed by atoms with van der Waals surface area (Å²) < 4.78 is 0. The Morgan fingerprint density at radius 2 is 2.22 bits per heavy atom. The fourth-order valence-corrected chi connectivity index (χ4v) is 0.608. The van der Waals surface area contributed by atoms with Gasteiger partial charge in [0, 0.05) is 0 Å². The molecule has 0 spiro atoms. The van der Waals surface area contributed by atoms with Gasteiger partial charge in [0.1, 0.15) is 5.57 Å². The third-order valence-electron chi connectivity index (χ3n) is 1.08. The van der Waals surface area contributed by atoms with Crippen LogP contribution in [0.1, 0.15) is 0 Å². The Balaban J connectivity index is 2.91. The van der Waals surface area contributed by atoms with Crippen LogP contribution in [0.2, 0.25) is 0 Å². The summed E-state index contributed by atoms with van der Waals surface area (Å²) in [5.74, 6) is -0.856. The lowest BCUT2D eigenvalue weighted by atomic mass is 10.2. The average Bonchev–Trinajstić information content (AvgIpc) is 2.12. The molecule has 0 aromatic heterocycles. The summed E-state index contributed by atoms with van der Waals surface area (Å²) >= 11 is 0. The van der Waals surface area contributed by atoms with Crippen molar-refractivity contribution in [1.82, 2.24) is 5.32 Å². The Labute approximate surface area is 51.2 Å². The molecule has 0 atom stereocenters.